The Hall–Kier alpha value is -0.0800. The van der Waals surface area contributed by atoms with E-state index in [1.807, 2.05) is 0 Å². The number of nitrogens with zero attached hydrogens (tertiary/aromatic N) is 1. The lowest BCUT2D eigenvalue weighted by atomic mass is 9.74. The van der Waals surface area contributed by atoms with Crippen LogP contribution in [0.5, 0.6) is 0 Å². The predicted molar refractivity (Wildman–Crippen MR) is 83.2 cm³/mol. The zero-order chi connectivity index (χ0) is 14.0. The van der Waals surface area contributed by atoms with Crippen molar-refractivity contribution in [2.45, 2.75) is 90.3 Å². The maximum atomic E-state index is 6.42. The molecule has 0 aromatic carbocycles. The monoisotopic (exact) mass is 266 g/mol. The largest absolute Gasteiger partial charge is 0.326 e. The minimum Gasteiger partial charge on any atom is -0.326 e. The van der Waals surface area contributed by atoms with Crippen molar-refractivity contribution in [2.24, 2.45) is 17.1 Å². The molecule has 2 fully saturated rings. The highest BCUT2D eigenvalue weighted by Gasteiger charge is 2.35. The molecule has 0 bridgehead atoms. The Morgan fingerprint density at radius 3 is 2.32 bits per heavy atom. The molecule has 2 saturated carbocycles. The van der Waals surface area contributed by atoms with Gasteiger partial charge in [-0.1, -0.05) is 27.2 Å². The number of hydrogen-bond donors (Lipinski definition) is 1. The highest BCUT2D eigenvalue weighted by Crippen LogP contribution is 2.38. The Balaban J connectivity index is 1.93. The number of rotatable bonds is 3. The molecule has 112 valence electrons. The summed E-state index contributed by atoms with van der Waals surface area (Å²) in [5.41, 5.74) is 6.98. The summed E-state index contributed by atoms with van der Waals surface area (Å²) in [5.74, 6) is 0.910. The Kier molecular flexibility index (Phi) is 4.94. The molecule has 2 N–H and O–H groups in total. The van der Waals surface area contributed by atoms with Gasteiger partial charge < -0.3 is 5.73 Å². The number of nitrogens with two attached hydrogens (primary N) is 1. The molecule has 19 heavy (non-hydrogen) atoms. The van der Waals surface area contributed by atoms with Crippen LogP contribution in [0.1, 0.15) is 72.1 Å². The average molecular weight is 266 g/mol. The molecular formula is C17H34N2. The molecule has 2 nitrogen and oxygen atoms in total. The lowest BCUT2D eigenvalue weighted by Crippen LogP contribution is -2.54. The second-order valence-corrected chi connectivity index (χ2v) is 7.88. The Bertz CT molecular complexity index is 277. The standard InChI is InChI=1S/C17H34N2/c1-5-13-6-7-15(18)16(12-13)19(4)14-8-10-17(2,3)11-9-14/h13-16H,5-12,18H2,1-4H3. The van der Waals surface area contributed by atoms with E-state index in [2.05, 4.69) is 32.7 Å². The number of likely N-dealkylation sites (N-methyl/N-ethyl adjacent to an activating group) is 1. The van der Waals surface area contributed by atoms with Crippen molar-refractivity contribution in [1.29, 1.82) is 0 Å². The molecule has 0 saturated heterocycles. The molecule has 2 rings (SSSR count). The molecule has 0 aromatic rings. The lowest BCUT2D eigenvalue weighted by molar-refractivity contribution is 0.0557. The van der Waals surface area contributed by atoms with Gasteiger partial charge in [0.25, 0.3) is 0 Å². The first-order valence-corrected chi connectivity index (χ1v) is 8.40. The lowest BCUT2D eigenvalue weighted by Gasteiger charge is -2.46. The van der Waals surface area contributed by atoms with Crippen molar-refractivity contribution in [1.82, 2.24) is 4.90 Å². The summed E-state index contributed by atoms with van der Waals surface area (Å²) < 4.78 is 0. The first-order chi connectivity index (χ1) is 8.93. The summed E-state index contributed by atoms with van der Waals surface area (Å²) in [4.78, 5) is 2.65. The fourth-order valence-corrected chi connectivity index (χ4v) is 4.16. The van der Waals surface area contributed by atoms with Gasteiger partial charge in [-0.25, -0.2) is 0 Å². The van der Waals surface area contributed by atoms with Crippen LogP contribution in [0.2, 0.25) is 0 Å². The molecule has 0 heterocycles. The van der Waals surface area contributed by atoms with E-state index in [1.54, 1.807) is 0 Å². The molecule has 2 aliphatic carbocycles. The molecule has 0 aliphatic heterocycles. The van der Waals surface area contributed by atoms with E-state index < -0.39 is 0 Å². The number of hydrogen-bond acceptors (Lipinski definition) is 2. The van der Waals surface area contributed by atoms with Crippen molar-refractivity contribution in [3.05, 3.63) is 0 Å². The summed E-state index contributed by atoms with van der Waals surface area (Å²) in [6.07, 6.45) is 10.7. The second-order valence-electron chi connectivity index (χ2n) is 7.88. The van der Waals surface area contributed by atoms with Crippen LogP contribution in [0, 0.1) is 11.3 Å². The van der Waals surface area contributed by atoms with Gasteiger partial charge in [0.15, 0.2) is 0 Å². The van der Waals surface area contributed by atoms with Crippen molar-refractivity contribution in [2.75, 3.05) is 7.05 Å². The van der Waals surface area contributed by atoms with Crippen LogP contribution >= 0.6 is 0 Å². The normalized spacial score (nSPS) is 36.6. The van der Waals surface area contributed by atoms with E-state index in [4.69, 9.17) is 5.73 Å². The molecule has 0 aromatic heterocycles. The van der Waals surface area contributed by atoms with Crippen LogP contribution in [0.4, 0.5) is 0 Å². The smallest absolute Gasteiger partial charge is 0.0249 e. The predicted octanol–water partition coefficient (Wildman–Crippen LogP) is 3.79. The van der Waals surface area contributed by atoms with Crippen molar-refractivity contribution < 1.29 is 0 Å². The van der Waals surface area contributed by atoms with Gasteiger partial charge in [-0.05, 0) is 63.3 Å². The summed E-state index contributed by atoms with van der Waals surface area (Å²) in [7, 11) is 2.34. The molecule has 3 atom stereocenters. The third-order valence-electron chi connectivity index (χ3n) is 5.96. The van der Waals surface area contributed by atoms with E-state index in [0.29, 0.717) is 17.5 Å². The zero-order valence-electron chi connectivity index (χ0n) is 13.5. The van der Waals surface area contributed by atoms with Gasteiger partial charge in [-0.15, -0.1) is 0 Å². The SMILES string of the molecule is CCC1CCC(N)C(N(C)C2CCC(C)(C)CC2)C1. The van der Waals surface area contributed by atoms with E-state index >= 15 is 0 Å². The van der Waals surface area contributed by atoms with E-state index in [1.165, 1.54) is 51.4 Å². The fourth-order valence-electron chi connectivity index (χ4n) is 4.16. The molecule has 0 spiro atoms. The van der Waals surface area contributed by atoms with Crippen LogP contribution in [0.15, 0.2) is 0 Å². The van der Waals surface area contributed by atoms with Gasteiger partial charge in [0.05, 0.1) is 0 Å². The highest BCUT2D eigenvalue weighted by atomic mass is 15.2. The third-order valence-corrected chi connectivity index (χ3v) is 5.96. The Morgan fingerprint density at radius 1 is 1.11 bits per heavy atom. The van der Waals surface area contributed by atoms with Gasteiger partial charge in [0, 0.05) is 18.1 Å². The molecule has 0 amide bonds. The van der Waals surface area contributed by atoms with Crippen LogP contribution in [-0.2, 0) is 0 Å². The van der Waals surface area contributed by atoms with Crippen LogP contribution < -0.4 is 5.73 Å². The van der Waals surface area contributed by atoms with Gasteiger partial charge in [0.2, 0.25) is 0 Å². The van der Waals surface area contributed by atoms with Gasteiger partial charge in [0.1, 0.15) is 0 Å². The van der Waals surface area contributed by atoms with E-state index in [-0.39, 0.29) is 0 Å². The minimum atomic E-state index is 0.405. The van der Waals surface area contributed by atoms with Gasteiger partial charge in [-0.2, -0.15) is 0 Å². The first-order valence-electron chi connectivity index (χ1n) is 8.40. The second kappa shape index (κ2) is 6.13. The third kappa shape index (κ3) is 3.72. The van der Waals surface area contributed by atoms with Crippen molar-refractivity contribution >= 4 is 0 Å². The molecular weight excluding hydrogens is 232 g/mol. The van der Waals surface area contributed by atoms with Gasteiger partial charge >= 0.3 is 0 Å². The average Bonchev–Trinajstić information content (AvgIpc) is 2.38. The summed E-state index contributed by atoms with van der Waals surface area (Å²) in [6.45, 7) is 7.17. The summed E-state index contributed by atoms with van der Waals surface area (Å²) in [5, 5.41) is 0. The summed E-state index contributed by atoms with van der Waals surface area (Å²) in [6, 6.07) is 1.81. The quantitative estimate of drug-likeness (QED) is 0.842. The zero-order valence-corrected chi connectivity index (χ0v) is 13.5. The maximum absolute atomic E-state index is 6.42. The van der Waals surface area contributed by atoms with Crippen LogP contribution in [-0.4, -0.2) is 30.1 Å². The van der Waals surface area contributed by atoms with Crippen LogP contribution in [0.25, 0.3) is 0 Å². The molecule has 2 aliphatic rings. The Labute approximate surface area is 120 Å². The molecule has 3 unspecified atom stereocenters. The van der Waals surface area contributed by atoms with E-state index in [0.717, 1.165) is 12.0 Å². The summed E-state index contributed by atoms with van der Waals surface area (Å²) >= 11 is 0. The maximum Gasteiger partial charge on any atom is 0.0249 e. The van der Waals surface area contributed by atoms with Crippen molar-refractivity contribution in [3.63, 3.8) is 0 Å². The molecule has 2 heteroatoms. The van der Waals surface area contributed by atoms with Gasteiger partial charge in [-0.3, -0.25) is 4.90 Å². The van der Waals surface area contributed by atoms with Crippen LogP contribution in [0.3, 0.4) is 0 Å². The minimum absolute atomic E-state index is 0.405. The first kappa shape index (κ1) is 15.3. The van der Waals surface area contributed by atoms with Crippen molar-refractivity contribution in [3.8, 4) is 0 Å². The van der Waals surface area contributed by atoms with E-state index in [9.17, 15) is 0 Å². The Morgan fingerprint density at radius 2 is 1.74 bits per heavy atom. The topological polar surface area (TPSA) is 29.3 Å². The highest BCUT2D eigenvalue weighted by molar-refractivity contribution is 4.92. The molecule has 0 radical (unpaired) electrons. The fraction of sp³-hybridized carbons (Fsp3) is 1.00.